The molecule has 5 heteroatoms. The van der Waals surface area contributed by atoms with E-state index in [1.165, 1.54) is 6.07 Å². The molecule has 0 saturated carbocycles. The van der Waals surface area contributed by atoms with Crippen molar-refractivity contribution in [1.82, 2.24) is 0 Å². The van der Waals surface area contributed by atoms with Crippen LogP contribution in [0.3, 0.4) is 0 Å². The summed E-state index contributed by atoms with van der Waals surface area (Å²) in [5, 5.41) is 8.85. The van der Waals surface area contributed by atoms with Crippen molar-refractivity contribution in [2.24, 2.45) is 0 Å². The molecule has 1 aromatic rings. The van der Waals surface area contributed by atoms with Gasteiger partial charge in [0.1, 0.15) is 0 Å². The van der Waals surface area contributed by atoms with Crippen molar-refractivity contribution in [2.75, 3.05) is 6.26 Å². The van der Waals surface area contributed by atoms with Gasteiger partial charge in [-0.3, -0.25) is 0 Å². The fraction of sp³-hybridized carbons (Fsp3) is 0.300. The highest BCUT2D eigenvalue weighted by molar-refractivity contribution is 7.90. The molecule has 1 N–H and O–H groups in total. The van der Waals surface area contributed by atoms with E-state index in [9.17, 15) is 13.2 Å². The molecule has 82 valence electrons. The van der Waals surface area contributed by atoms with Gasteiger partial charge < -0.3 is 5.11 Å². The number of hydrogen-bond acceptors (Lipinski definition) is 3. The first-order chi connectivity index (χ1) is 6.73. The van der Waals surface area contributed by atoms with Crippen LogP contribution in [0.2, 0.25) is 0 Å². The van der Waals surface area contributed by atoms with Crippen LogP contribution in [-0.4, -0.2) is 25.7 Å². The first-order valence-electron chi connectivity index (χ1n) is 4.28. The molecule has 1 aromatic carbocycles. The van der Waals surface area contributed by atoms with Crippen molar-refractivity contribution in [2.45, 2.75) is 18.7 Å². The Morgan fingerprint density at radius 1 is 1.20 bits per heavy atom. The van der Waals surface area contributed by atoms with Gasteiger partial charge in [-0.1, -0.05) is 6.07 Å². The number of carboxylic acids is 1. The zero-order valence-electron chi connectivity index (χ0n) is 8.73. The predicted molar refractivity (Wildman–Crippen MR) is 56.0 cm³/mol. The van der Waals surface area contributed by atoms with Gasteiger partial charge in [-0.2, -0.15) is 0 Å². The van der Waals surface area contributed by atoms with Crippen LogP contribution in [0.15, 0.2) is 17.0 Å². The Labute approximate surface area is 88.5 Å². The minimum atomic E-state index is -3.37. The normalized spacial score (nSPS) is 11.4. The number of aromatic carboxylic acids is 1. The third-order valence-electron chi connectivity index (χ3n) is 2.15. The summed E-state index contributed by atoms with van der Waals surface area (Å²) in [4.78, 5) is 10.9. The highest BCUT2D eigenvalue weighted by atomic mass is 32.2. The minimum absolute atomic E-state index is 0.0287. The highest BCUT2D eigenvalue weighted by Gasteiger charge is 2.16. The van der Waals surface area contributed by atoms with E-state index < -0.39 is 15.8 Å². The van der Waals surface area contributed by atoms with Crippen LogP contribution in [0.1, 0.15) is 21.5 Å². The van der Waals surface area contributed by atoms with E-state index in [-0.39, 0.29) is 10.5 Å². The van der Waals surface area contributed by atoms with Crippen molar-refractivity contribution in [3.8, 4) is 0 Å². The summed E-state index contributed by atoms with van der Waals surface area (Å²) in [5.74, 6) is -1.11. The van der Waals surface area contributed by atoms with Crippen molar-refractivity contribution >= 4 is 15.8 Å². The molecule has 0 aliphatic rings. The largest absolute Gasteiger partial charge is 0.478 e. The van der Waals surface area contributed by atoms with E-state index in [2.05, 4.69) is 0 Å². The molecule has 0 atom stereocenters. The maximum atomic E-state index is 11.3. The van der Waals surface area contributed by atoms with E-state index in [1.54, 1.807) is 19.9 Å². The van der Waals surface area contributed by atoms with Gasteiger partial charge in [0.25, 0.3) is 0 Å². The second-order valence-corrected chi connectivity index (χ2v) is 5.49. The van der Waals surface area contributed by atoms with Crippen LogP contribution < -0.4 is 0 Å². The number of benzene rings is 1. The summed E-state index contributed by atoms with van der Waals surface area (Å²) in [6.07, 6.45) is 1.07. The Balaban J connectivity index is 3.58. The van der Waals surface area contributed by atoms with Gasteiger partial charge in [0, 0.05) is 6.26 Å². The smallest absolute Gasteiger partial charge is 0.335 e. The van der Waals surface area contributed by atoms with Crippen LogP contribution in [0.4, 0.5) is 0 Å². The summed E-state index contributed by atoms with van der Waals surface area (Å²) in [6.45, 7) is 3.29. The van der Waals surface area contributed by atoms with Gasteiger partial charge in [0.2, 0.25) is 0 Å². The zero-order chi connectivity index (χ0) is 11.8. The molecule has 0 radical (unpaired) electrons. The van der Waals surface area contributed by atoms with E-state index in [0.717, 1.165) is 6.26 Å². The molecule has 0 saturated heterocycles. The third kappa shape index (κ3) is 2.36. The van der Waals surface area contributed by atoms with Gasteiger partial charge in [-0.05, 0) is 31.0 Å². The third-order valence-corrected chi connectivity index (χ3v) is 3.39. The van der Waals surface area contributed by atoms with E-state index in [0.29, 0.717) is 11.1 Å². The summed E-state index contributed by atoms with van der Waals surface area (Å²) < 4.78 is 22.7. The van der Waals surface area contributed by atoms with E-state index >= 15 is 0 Å². The lowest BCUT2D eigenvalue weighted by atomic mass is 10.1. The maximum Gasteiger partial charge on any atom is 0.335 e. The number of carboxylic acid groups (broad SMARTS) is 1. The molecule has 0 aliphatic heterocycles. The van der Waals surface area contributed by atoms with Crippen LogP contribution in [0.25, 0.3) is 0 Å². The molecular weight excluding hydrogens is 216 g/mol. The molecule has 0 heterocycles. The fourth-order valence-electron chi connectivity index (χ4n) is 1.46. The molecule has 0 aromatic heterocycles. The lowest BCUT2D eigenvalue weighted by Gasteiger charge is -2.07. The molecule has 0 aliphatic carbocycles. The summed E-state index contributed by atoms with van der Waals surface area (Å²) in [5.41, 5.74) is 1.16. The number of sulfone groups is 1. The van der Waals surface area contributed by atoms with Crippen molar-refractivity contribution in [1.29, 1.82) is 0 Å². The topological polar surface area (TPSA) is 71.4 Å². The Kier molecular flexibility index (Phi) is 2.86. The van der Waals surface area contributed by atoms with Crippen LogP contribution in [0.5, 0.6) is 0 Å². The summed E-state index contributed by atoms with van der Waals surface area (Å²) in [7, 11) is -3.37. The lowest BCUT2D eigenvalue weighted by molar-refractivity contribution is 0.0696. The molecule has 0 fully saturated rings. The Hall–Kier alpha value is -1.36. The average Bonchev–Trinajstić information content (AvgIpc) is 2.00. The highest BCUT2D eigenvalue weighted by Crippen LogP contribution is 2.20. The standard InChI is InChI=1S/C10H12O4S/c1-6-4-7(2)9(15(3,13)14)5-8(6)10(11)12/h4-5H,1-3H3,(H,11,12). The number of carbonyl (C=O) groups is 1. The van der Waals surface area contributed by atoms with Gasteiger partial charge in [0.15, 0.2) is 9.84 Å². The predicted octanol–water partition coefficient (Wildman–Crippen LogP) is 1.41. The monoisotopic (exact) mass is 228 g/mol. The number of rotatable bonds is 2. The van der Waals surface area contributed by atoms with E-state index in [4.69, 9.17) is 5.11 Å². The van der Waals surface area contributed by atoms with Gasteiger partial charge in [-0.25, -0.2) is 13.2 Å². The number of aryl methyl sites for hydroxylation is 2. The average molecular weight is 228 g/mol. The molecule has 0 amide bonds. The van der Waals surface area contributed by atoms with Gasteiger partial charge in [0.05, 0.1) is 10.5 Å². The summed E-state index contributed by atoms with van der Waals surface area (Å²) in [6, 6.07) is 2.78. The molecule has 15 heavy (non-hydrogen) atoms. The van der Waals surface area contributed by atoms with Crippen molar-refractivity contribution in [3.63, 3.8) is 0 Å². The molecule has 0 bridgehead atoms. The second-order valence-electron chi connectivity index (χ2n) is 3.51. The first-order valence-corrected chi connectivity index (χ1v) is 6.17. The maximum absolute atomic E-state index is 11.3. The van der Waals surface area contributed by atoms with Gasteiger partial charge >= 0.3 is 5.97 Å². The van der Waals surface area contributed by atoms with E-state index in [1.807, 2.05) is 0 Å². The summed E-state index contributed by atoms with van der Waals surface area (Å²) >= 11 is 0. The van der Waals surface area contributed by atoms with Crippen molar-refractivity contribution < 1.29 is 18.3 Å². The lowest BCUT2D eigenvalue weighted by Crippen LogP contribution is -2.06. The van der Waals surface area contributed by atoms with Crippen LogP contribution >= 0.6 is 0 Å². The number of hydrogen-bond donors (Lipinski definition) is 1. The Morgan fingerprint density at radius 2 is 1.73 bits per heavy atom. The first kappa shape index (κ1) is 11.7. The Bertz CT molecular complexity index is 514. The zero-order valence-corrected chi connectivity index (χ0v) is 9.55. The van der Waals surface area contributed by atoms with Crippen LogP contribution in [-0.2, 0) is 9.84 Å². The quantitative estimate of drug-likeness (QED) is 0.830. The Morgan fingerprint density at radius 3 is 2.13 bits per heavy atom. The molecule has 1 rings (SSSR count). The fourth-order valence-corrected chi connectivity index (χ4v) is 2.44. The molecular formula is C10H12O4S. The van der Waals surface area contributed by atoms with Gasteiger partial charge in [-0.15, -0.1) is 0 Å². The molecule has 4 nitrogen and oxygen atoms in total. The molecule has 0 spiro atoms. The molecule has 0 unspecified atom stereocenters. The minimum Gasteiger partial charge on any atom is -0.478 e. The van der Waals surface area contributed by atoms with Crippen LogP contribution in [0, 0.1) is 13.8 Å². The second kappa shape index (κ2) is 3.66. The van der Waals surface area contributed by atoms with Crippen molar-refractivity contribution in [3.05, 3.63) is 28.8 Å². The SMILES string of the molecule is Cc1cc(C)c(S(C)(=O)=O)cc1C(=O)O.